The third-order valence-electron chi connectivity index (χ3n) is 4.93. The fourth-order valence-corrected chi connectivity index (χ4v) is 3.33. The second-order valence-electron chi connectivity index (χ2n) is 7.48. The molecule has 2 rings (SSSR count). The fraction of sp³-hybridized carbons (Fsp3) is 0.650. The Hall–Kier alpha value is -0.860. The highest BCUT2D eigenvalue weighted by Gasteiger charge is 2.23. The van der Waals surface area contributed by atoms with Gasteiger partial charge in [-0.15, -0.1) is 12.4 Å². The number of nitrogens with zero attached hydrogens (tertiary/aromatic N) is 1. The first-order valence-electron chi connectivity index (χ1n) is 8.75. The molecule has 23 heavy (non-hydrogen) atoms. The molecule has 1 aliphatic heterocycles. The third-order valence-corrected chi connectivity index (χ3v) is 4.93. The smallest absolute Gasteiger partial charge is 0.140 e. The van der Waals surface area contributed by atoms with Gasteiger partial charge in [-0.2, -0.15) is 0 Å². The maximum atomic E-state index is 12.5. The SMILES string of the molecule is CC(C)Cc1ccc([C@@H](C)C(=O)CC2CCN(C)CC2)cc1.Cl. The van der Waals surface area contributed by atoms with E-state index in [1.807, 2.05) is 0 Å². The van der Waals surface area contributed by atoms with Crippen LogP contribution in [0.3, 0.4) is 0 Å². The van der Waals surface area contributed by atoms with E-state index in [0.29, 0.717) is 17.6 Å². The number of carbonyl (C=O) groups is 1. The van der Waals surface area contributed by atoms with Crippen molar-refractivity contribution >= 4 is 18.2 Å². The molecule has 130 valence electrons. The van der Waals surface area contributed by atoms with Gasteiger partial charge in [0.25, 0.3) is 0 Å². The normalized spacial score (nSPS) is 17.8. The van der Waals surface area contributed by atoms with Gasteiger partial charge in [-0.25, -0.2) is 0 Å². The van der Waals surface area contributed by atoms with Gasteiger partial charge in [-0.05, 0) is 62.4 Å². The number of Topliss-reactive ketones (excluding diaryl/α,β-unsaturated/α-hetero) is 1. The maximum Gasteiger partial charge on any atom is 0.140 e. The number of hydrogen-bond donors (Lipinski definition) is 0. The zero-order valence-electron chi connectivity index (χ0n) is 15.0. The molecule has 0 amide bonds. The lowest BCUT2D eigenvalue weighted by Crippen LogP contribution is -2.31. The summed E-state index contributed by atoms with van der Waals surface area (Å²) in [5, 5.41) is 0. The highest BCUT2D eigenvalue weighted by molar-refractivity contribution is 5.85. The molecular weight excluding hydrogens is 306 g/mol. The van der Waals surface area contributed by atoms with Crippen molar-refractivity contribution in [1.82, 2.24) is 4.90 Å². The van der Waals surface area contributed by atoms with Crippen LogP contribution in [0.25, 0.3) is 0 Å². The van der Waals surface area contributed by atoms with Crippen LogP contribution in [0, 0.1) is 11.8 Å². The highest BCUT2D eigenvalue weighted by atomic mass is 35.5. The van der Waals surface area contributed by atoms with Crippen LogP contribution in [-0.4, -0.2) is 30.8 Å². The summed E-state index contributed by atoms with van der Waals surface area (Å²) in [6.45, 7) is 8.81. The molecule has 0 aliphatic carbocycles. The largest absolute Gasteiger partial charge is 0.306 e. The average Bonchev–Trinajstić information content (AvgIpc) is 2.49. The fourth-order valence-electron chi connectivity index (χ4n) is 3.33. The first-order chi connectivity index (χ1) is 10.5. The lowest BCUT2D eigenvalue weighted by atomic mass is 9.86. The van der Waals surface area contributed by atoms with E-state index in [1.54, 1.807) is 0 Å². The van der Waals surface area contributed by atoms with E-state index in [-0.39, 0.29) is 18.3 Å². The van der Waals surface area contributed by atoms with Crippen molar-refractivity contribution in [1.29, 1.82) is 0 Å². The van der Waals surface area contributed by atoms with Gasteiger partial charge in [0.1, 0.15) is 5.78 Å². The van der Waals surface area contributed by atoms with Crippen LogP contribution in [0.1, 0.15) is 57.1 Å². The van der Waals surface area contributed by atoms with Gasteiger partial charge in [0.05, 0.1) is 0 Å². The van der Waals surface area contributed by atoms with Crippen molar-refractivity contribution in [3.63, 3.8) is 0 Å². The van der Waals surface area contributed by atoms with E-state index in [4.69, 9.17) is 0 Å². The quantitative estimate of drug-likeness (QED) is 0.749. The molecule has 1 saturated heterocycles. The zero-order chi connectivity index (χ0) is 16.1. The third kappa shape index (κ3) is 6.27. The highest BCUT2D eigenvalue weighted by Crippen LogP contribution is 2.25. The number of benzene rings is 1. The Labute approximate surface area is 148 Å². The molecule has 0 unspecified atom stereocenters. The zero-order valence-corrected chi connectivity index (χ0v) is 15.9. The number of hydrogen-bond acceptors (Lipinski definition) is 2. The van der Waals surface area contributed by atoms with Crippen molar-refractivity contribution in [3.8, 4) is 0 Å². The summed E-state index contributed by atoms with van der Waals surface area (Å²) in [5.74, 6) is 1.71. The molecule has 0 spiro atoms. The van der Waals surface area contributed by atoms with Crippen molar-refractivity contribution in [2.75, 3.05) is 20.1 Å². The molecule has 1 aromatic rings. The summed E-state index contributed by atoms with van der Waals surface area (Å²) in [5.41, 5.74) is 2.54. The lowest BCUT2D eigenvalue weighted by Gasteiger charge is -2.29. The second-order valence-corrected chi connectivity index (χ2v) is 7.48. The number of ketones is 1. The first-order valence-corrected chi connectivity index (χ1v) is 8.75. The second kappa shape index (κ2) is 9.44. The molecule has 2 nitrogen and oxygen atoms in total. The van der Waals surface area contributed by atoms with E-state index >= 15 is 0 Å². The maximum absolute atomic E-state index is 12.5. The Morgan fingerprint density at radius 2 is 1.70 bits per heavy atom. The van der Waals surface area contributed by atoms with Crippen molar-refractivity contribution in [3.05, 3.63) is 35.4 Å². The average molecular weight is 338 g/mol. The molecule has 0 N–H and O–H groups in total. The van der Waals surface area contributed by atoms with E-state index < -0.39 is 0 Å². The minimum Gasteiger partial charge on any atom is -0.306 e. The lowest BCUT2D eigenvalue weighted by molar-refractivity contribution is -0.121. The van der Waals surface area contributed by atoms with Gasteiger partial charge in [0, 0.05) is 12.3 Å². The molecule has 0 radical (unpaired) electrons. The number of rotatable bonds is 6. The monoisotopic (exact) mass is 337 g/mol. The Balaban J connectivity index is 0.00000264. The van der Waals surface area contributed by atoms with E-state index in [1.165, 1.54) is 24.0 Å². The molecule has 1 aromatic carbocycles. The first kappa shape index (κ1) is 20.2. The Morgan fingerprint density at radius 1 is 1.13 bits per heavy atom. The van der Waals surface area contributed by atoms with Gasteiger partial charge in [-0.3, -0.25) is 4.79 Å². The molecule has 1 atom stereocenters. The van der Waals surface area contributed by atoms with E-state index in [9.17, 15) is 4.79 Å². The van der Waals surface area contributed by atoms with Crippen LogP contribution in [0.4, 0.5) is 0 Å². The molecule has 1 aliphatic rings. The van der Waals surface area contributed by atoms with Crippen LogP contribution in [0.2, 0.25) is 0 Å². The Morgan fingerprint density at radius 3 is 2.22 bits per heavy atom. The van der Waals surface area contributed by atoms with Crippen LogP contribution < -0.4 is 0 Å². The minimum atomic E-state index is 0. The molecule has 0 aromatic heterocycles. The predicted molar refractivity (Wildman–Crippen MR) is 100 cm³/mol. The molecule has 0 bridgehead atoms. The number of piperidine rings is 1. The van der Waals surface area contributed by atoms with Crippen molar-refractivity contribution in [2.24, 2.45) is 11.8 Å². The summed E-state index contributed by atoms with van der Waals surface area (Å²) in [7, 11) is 2.17. The van der Waals surface area contributed by atoms with Crippen molar-refractivity contribution < 1.29 is 4.79 Å². The summed E-state index contributed by atoms with van der Waals surface area (Å²) in [6, 6.07) is 8.67. The van der Waals surface area contributed by atoms with Gasteiger partial charge in [0.15, 0.2) is 0 Å². The summed E-state index contributed by atoms with van der Waals surface area (Å²) >= 11 is 0. The number of halogens is 1. The van der Waals surface area contributed by atoms with Crippen molar-refractivity contribution in [2.45, 2.75) is 52.4 Å². The molecular formula is C20H32ClNO. The summed E-state index contributed by atoms with van der Waals surface area (Å²) in [4.78, 5) is 14.9. The summed E-state index contributed by atoms with van der Waals surface area (Å²) in [6.07, 6.45) is 4.20. The van der Waals surface area contributed by atoms with Crippen LogP contribution in [0.15, 0.2) is 24.3 Å². The minimum absolute atomic E-state index is 0. The van der Waals surface area contributed by atoms with E-state index in [0.717, 1.165) is 25.9 Å². The topological polar surface area (TPSA) is 20.3 Å². The molecule has 0 saturated carbocycles. The van der Waals surface area contributed by atoms with Crippen LogP contribution in [-0.2, 0) is 11.2 Å². The van der Waals surface area contributed by atoms with Gasteiger partial charge in [-0.1, -0.05) is 45.0 Å². The number of carbonyl (C=O) groups excluding carboxylic acids is 1. The summed E-state index contributed by atoms with van der Waals surface area (Å²) < 4.78 is 0. The van der Waals surface area contributed by atoms with Gasteiger partial charge in [0.2, 0.25) is 0 Å². The van der Waals surface area contributed by atoms with Gasteiger partial charge < -0.3 is 4.90 Å². The predicted octanol–water partition coefficient (Wildman–Crippen LogP) is 4.71. The molecule has 1 heterocycles. The Bertz CT molecular complexity index is 475. The van der Waals surface area contributed by atoms with Crippen LogP contribution in [0.5, 0.6) is 0 Å². The molecule has 3 heteroatoms. The Kier molecular flexibility index (Phi) is 8.28. The van der Waals surface area contributed by atoms with E-state index in [2.05, 4.69) is 57.0 Å². The molecule has 1 fully saturated rings. The standard InChI is InChI=1S/C20H31NO.ClH/c1-15(2)13-17-5-7-19(8-6-17)16(3)20(22)14-18-9-11-21(4)12-10-18;/h5-8,15-16,18H,9-14H2,1-4H3;1H/t16-;/m1./s1. The number of likely N-dealkylation sites (tertiary alicyclic amines) is 1. The van der Waals surface area contributed by atoms with Gasteiger partial charge >= 0.3 is 0 Å². The van der Waals surface area contributed by atoms with Crippen LogP contribution >= 0.6 is 12.4 Å².